The highest BCUT2D eigenvalue weighted by molar-refractivity contribution is 8.00. The lowest BCUT2D eigenvalue weighted by molar-refractivity contribution is -0.154. The molecule has 3 heterocycles. The number of benzene rings is 3. The number of thioether (sulfide) groups is 1. The Morgan fingerprint density at radius 1 is 1.00 bits per heavy atom. The van der Waals surface area contributed by atoms with E-state index in [2.05, 4.69) is 10.3 Å². The average molecular weight is 656 g/mol. The van der Waals surface area contributed by atoms with Gasteiger partial charge in [0.05, 0.1) is 16.9 Å². The van der Waals surface area contributed by atoms with Crippen LogP contribution in [0.25, 0.3) is 10.8 Å². The number of carboxylic acid groups (broad SMARTS) is 1. The monoisotopic (exact) mass is 655 g/mol. The maximum atomic E-state index is 13.7. The Hall–Kier alpha value is -4.42. The lowest BCUT2D eigenvalue weighted by Crippen LogP contribution is -2.44. The summed E-state index contributed by atoms with van der Waals surface area (Å²) in [6.07, 6.45) is 0.678. The summed E-state index contributed by atoms with van der Waals surface area (Å²) in [5.41, 5.74) is 1.47. The van der Waals surface area contributed by atoms with Gasteiger partial charge in [-0.25, -0.2) is 4.79 Å². The van der Waals surface area contributed by atoms with Gasteiger partial charge in [-0.1, -0.05) is 59.9 Å². The van der Waals surface area contributed by atoms with Gasteiger partial charge < -0.3 is 20.1 Å². The number of anilines is 1. The molecule has 3 aromatic carbocycles. The molecule has 3 fully saturated rings. The Balaban J connectivity index is 1.10. The van der Waals surface area contributed by atoms with Gasteiger partial charge in [0, 0.05) is 27.3 Å². The zero-order valence-electron chi connectivity index (χ0n) is 24.5. The Kier molecular flexibility index (Phi) is 6.84. The van der Waals surface area contributed by atoms with Gasteiger partial charge in [0.15, 0.2) is 6.61 Å². The third-order valence-electron chi connectivity index (χ3n) is 10.1. The number of carbonyl (C=O) groups excluding carboxylic acids is 3. The lowest BCUT2D eigenvalue weighted by atomic mass is 9.68. The van der Waals surface area contributed by atoms with Crippen LogP contribution < -0.4 is 14.9 Å². The van der Waals surface area contributed by atoms with Crippen molar-refractivity contribution in [1.29, 1.82) is 0 Å². The van der Waals surface area contributed by atoms with Crippen molar-refractivity contribution in [3.8, 4) is 5.75 Å². The van der Waals surface area contributed by atoms with E-state index in [1.165, 1.54) is 6.92 Å². The fraction of sp³-hybridized carbons (Fsp3) is 0.324. The van der Waals surface area contributed by atoms with E-state index in [1.807, 2.05) is 60.7 Å². The van der Waals surface area contributed by atoms with Crippen LogP contribution in [0.4, 0.5) is 5.69 Å². The van der Waals surface area contributed by atoms with E-state index in [-0.39, 0.29) is 46.3 Å². The number of aromatic amines is 1. The van der Waals surface area contributed by atoms with Crippen LogP contribution in [-0.4, -0.2) is 56.6 Å². The number of aliphatic carboxylic acids is 1. The first-order chi connectivity index (χ1) is 22.2. The lowest BCUT2D eigenvalue weighted by Gasteiger charge is -2.43. The Bertz CT molecular complexity index is 2010. The van der Waals surface area contributed by atoms with Crippen LogP contribution in [0.5, 0.6) is 5.75 Å². The van der Waals surface area contributed by atoms with E-state index in [1.54, 1.807) is 17.8 Å². The van der Waals surface area contributed by atoms with Crippen LogP contribution in [-0.2, 0) is 19.2 Å². The summed E-state index contributed by atoms with van der Waals surface area (Å²) in [6.45, 7) is 1.14. The van der Waals surface area contributed by atoms with Crippen LogP contribution in [0.2, 0.25) is 0 Å². The van der Waals surface area contributed by atoms with Crippen LogP contribution >= 0.6 is 23.1 Å². The maximum absolute atomic E-state index is 13.7. The number of hydrogen-bond donors (Lipinski definition) is 3. The molecule has 46 heavy (non-hydrogen) atoms. The fourth-order valence-electron chi connectivity index (χ4n) is 8.36. The number of thiazole rings is 1. The predicted octanol–water partition coefficient (Wildman–Crippen LogP) is 4.55. The summed E-state index contributed by atoms with van der Waals surface area (Å²) in [4.78, 5) is 69.3. The number of ether oxygens (including phenoxy) is 1. The molecule has 4 aromatic rings. The number of likely N-dealkylation sites (tertiary alicyclic amines) is 1. The predicted molar refractivity (Wildman–Crippen MR) is 172 cm³/mol. The number of para-hydroxylation sites is 1. The number of nitrogens with zero attached hydrogens (tertiary/aromatic N) is 1. The van der Waals surface area contributed by atoms with Crippen molar-refractivity contribution in [2.24, 2.45) is 29.6 Å². The number of carboxylic acids is 1. The molecule has 234 valence electrons. The van der Waals surface area contributed by atoms with Crippen LogP contribution in [0.1, 0.15) is 29.7 Å². The van der Waals surface area contributed by atoms with Gasteiger partial charge >= 0.3 is 10.8 Å². The van der Waals surface area contributed by atoms with Gasteiger partial charge in [-0.15, -0.1) is 11.8 Å². The van der Waals surface area contributed by atoms with Crippen LogP contribution in [0.15, 0.2) is 76.6 Å². The van der Waals surface area contributed by atoms with Crippen LogP contribution in [0.3, 0.4) is 0 Å². The van der Waals surface area contributed by atoms with Crippen molar-refractivity contribution in [2.75, 3.05) is 11.9 Å². The molecule has 2 aliphatic carbocycles. The molecule has 2 bridgehead atoms. The smallest absolute Gasteiger partial charge is 0.326 e. The number of aromatic nitrogens is 1. The normalized spacial score (nSPS) is 28.1. The third kappa shape index (κ3) is 4.41. The molecule has 3 N–H and O–H groups in total. The molecule has 1 aromatic heterocycles. The first-order valence-corrected chi connectivity index (χ1v) is 16.9. The molecule has 12 heteroatoms. The number of fused-ring (bicyclic) bond motifs is 10. The standard InChI is InChI=1S/C34H29N3O7S2/c1-15(33(41)42)37-31(39)26-20-13-21(27(26)32(37)40)28-25(20)24(29-30(45-28)36-34(43)46-29)19-8-4-5-9-22(19)44-14-23(38)35-18-11-10-16-6-2-3-7-17(16)12-18/h2-12,15,20-21,24-28H,13-14H2,1H3,(H,35,38)(H,36,43)(H,41,42)/t15?,20?,21?,24-,25?,26?,27?,28?/m1/s1. The largest absolute Gasteiger partial charge is 0.483 e. The van der Waals surface area contributed by atoms with Gasteiger partial charge in [0.25, 0.3) is 5.91 Å². The minimum atomic E-state index is -1.23. The van der Waals surface area contributed by atoms with Crippen molar-refractivity contribution >= 4 is 63.2 Å². The molecule has 8 rings (SSSR count). The summed E-state index contributed by atoms with van der Waals surface area (Å²) in [5.74, 6) is -3.71. The molecular formula is C34H29N3O7S2. The number of carbonyl (C=O) groups is 4. The minimum Gasteiger partial charge on any atom is -0.483 e. The van der Waals surface area contributed by atoms with E-state index in [9.17, 15) is 29.1 Å². The van der Waals surface area contributed by atoms with Gasteiger partial charge in [0.1, 0.15) is 11.8 Å². The molecule has 0 spiro atoms. The first kappa shape index (κ1) is 29.0. The van der Waals surface area contributed by atoms with Crippen molar-refractivity contribution in [3.63, 3.8) is 0 Å². The van der Waals surface area contributed by atoms with Gasteiger partial charge in [-0.3, -0.25) is 24.1 Å². The van der Waals surface area contributed by atoms with Crippen molar-refractivity contribution in [3.05, 3.63) is 86.8 Å². The van der Waals surface area contributed by atoms with Crippen LogP contribution in [0, 0.1) is 29.6 Å². The Labute approximate surface area is 271 Å². The highest BCUT2D eigenvalue weighted by Crippen LogP contribution is 2.69. The molecule has 10 nitrogen and oxygen atoms in total. The number of amides is 3. The van der Waals surface area contributed by atoms with E-state index in [0.29, 0.717) is 17.9 Å². The topological polar surface area (TPSA) is 146 Å². The molecule has 8 atom stereocenters. The van der Waals surface area contributed by atoms with E-state index in [4.69, 9.17) is 4.74 Å². The molecule has 2 saturated carbocycles. The second kappa shape index (κ2) is 10.8. The average Bonchev–Trinajstić information content (AvgIpc) is 3.78. The zero-order valence-corrected chi connectivity index (χ0v) is 26.2. The SMILES string of the molecule is CC(C(=O)O)N1C(=O)C2C3CC(C2C1=O)C1C3Sc2[nH]c(=O)sc2[C@@H]1c1ccccc1OCC(=O)Nc1ccc2ccccc2c1. The minimum absolute atomic E-state index is 0.0601. The number of hydrogen-bond acceptors (Lipinski definition) is 8. The van der Waals surface area contributed by atoms with E-state index < -0.39 is 35.7 Å². The highest BCUT2D eigenvalue weighted by atomic mass is 32.2. The van der Waals surface area contributed by atoms with Crippen molar-refractivity contribution in [1.82, 2.24) is 9.88 Å². The number of H-pyrrole nitrogens is 1. The van der Waals surface area contributed by atoms with Crippen molar-refractivity contribution in [2.45, 2.75) is 35.6 Å². The second-order valence-electron chi connectivity index (χ2n) is 12.5. The summed E-state index contributed by atoms with van der Waals surface area (Å²) >= 11 is 2.69. The van der Waals surface area contributed by atoms with E-state index in [0.717, 1.165) is 42.5 Å². The van der Waals surface area contributed by atoms with Crippen molar-refractivity contribution < 1.29 is 29.0 Å². The Morgan fingerprint density at radius 2 is 1.72 bits per heavy atom. The molecular weight excluding hydrogens is 627 g/mol. The number of imide groups is 1. The number of rotatable bonds is 7. The molecule has 1 saturated heterocycles. The summed E-state index contributed by atoms with van der Waals surface area (Å²) in [7, 11) is 0. The molecule has 7 unspecified atom stereocenters. The fourth-order valence-corrected chi connectivity index (χ4v) is 11.2. The Morgan fingerprint density at radius 3 is 2.50 bits per heavy atom. The summed E-state index contributed by atoms with van der Waals surface area (Å²) in [6, 6.07) is 19.8. The first-order valence-electron chi connectivity index (χ1n) is 15.2. The molecule has 3 amide bonds. The number of nitrogens with one attached hydrogen (secondary N) is 2. The van der Waals surface area contributed by atoms with E-state index >= 15 is 0 Å². The maximum Gasteiger partial charge on any atom is 0.326 e. The zero-order chi connectivity index (χ0) is 31.9. The highest BCUT2D eigenvalue weighted by Gasteiger charge is 2.70. The third-order valence-corrected chi connectivity index (χ3v) is 12.7. The van der Waals surface area contributed by atoms with Gasteiger partial charge in [-0.2, -0.15) is 0 Å². The molecule has 4 aliphatic rings. The second-order valence-corrected chi connectivity index (χ2v) is 14.7. The summed E-state index contributed by atoms with van der Waals surface area (Å²) < 4.78 is 6.16. The quantitative estimate of drug-likeness (QED) is 0.246. The van der Waals surface area contributed by atoms with Gasteiger partial charge in [-0.05, 0) is 60.1 Å². The molecule has 0 radical (unpaired) electrons. The molecule has 2 aliphatic heterocycles. The summed E-state index contributed by atoms with van der Waals surface area (Å²) in [5, 5.41) is 15.3. The van der Waals surface area contributed by atoms with Gasteiger partial charge in [0.2, 0.25) is 11.8 Å².